The van der Waals surface area contributed by atoms with Crippen LogP contribution >= 0.6 is 11.6 Å². The fourth-order valence-electron chi connectivity index (χ4n) is 2.78. The second-order valence-corrected chi connectivity index (χ2v) is 6.57. The van der Waals surface area contributed by atoms with Gasteiger partial charge < -0.3 is 24.7 Å². The van der Waals surface area contributed by atoms with E-state index in [0.717, 1.165) is 10.2 Å². The maximum Gasteiger partial charge on any atom is 0.410 e. The van der Waals surface area contributed by atoms with Gasteiger partial charge in [-0.05, 0) is 10.5 Å². The molecule has 0 spiro atoms. The highest BCUT2D eigenvalue weighted by Crippen LogP contribution is 2.21. The van der Waals surface area contributed by atoms with Crippen molar-refractivity contribution in [3.05, 3.63) is 57.2 Å². The van der Waals surface area contributed by atoms with E-state index in [4.69, 9.17) is 16.3 Å². The van der Waals surface area contributed by atoms with Crippen LogP contribution in [0, 0.1) is 10.1 Å². The molecule has 10 nitrogen and oxygen atoms in total. The summed E-state index contributed by atoms with van der Waals surface area (Å²) in [6, 6.07) is 9.37. The van der Waals surface area contributed by atoms with Gasteiger partial charge in [0.15, 0.2) is 5.02 Å². The zero-order valence-corrected chi connectivity index (χ0v) is 15.6. The van der Waals surface area contributed by atoms with Crippen molar-refractivity contribution >= 4 is 29.4 Å². The predicted octanol–water partition coefficient (Wildman–Crippen LogP) is 1.93. The second kappa shape index (κ2) is 8.70. The van der Waals surface area contributed by atoms with E-state index in [2.05, 4.69) is 5.10 Å². The normalized spacial score (nSPS) is 14.0. The monoisotopic (exact) mass is 407 g/mol. The van der Waals surface area contributed by atoms with Crippen molar-refractivity contribution in [2.45, 2.75) is 13.2 Å². The molecule has 0 bridgehead atoms. The number of halogens is 1. The number of amides is 2. The molecular formula is C17H18ClN5O5. The van der Waals surface area contributed by atoms with Gasteiger partial charge in [-0.15, -0.1) is 0 Å². The SMILES string of the molecule is O=C(Cn1cc(Cl)c([N+](=O)[O-])n1)N1CCN(C(=O)OCc2ccccc2)CC1. The van der Waals surface area contributed by atoms with Gasteiger partial charge in [0.05, 0.1) is 11.3 Å². The molecule has 0 N–H and O–H groups in total. The van der Waals surface area contributed by atoms with E-state index < -0.39 is 16.8 Å². The van der Waals surface area contributed by atoms with Crippen LogP contribution in [0.25, 0.3) is 0 Å². The molecule has 0 unspecified atom stereocenters. The van der Waals surface area contributed by atoms with Crippen molar-refractivity contribution in [1.29, 1.82) is 0 Å². The summed E-state index contributed by atoms with van der Waals surface area (Å²) < 4.78 is 6.43. The summed E-state index contributed by atoms with van der Waals surface area (Å²) in [5.74, 6) is -0.744. The van der Waals surface area contributed by atoms with Crippen molar-refractivity contribution in [2.24, 2.45) is 0 Å². The van der Waals surface area contributed by atoms with Crippen LogP contribution in [0.3, 0.4) is 0 Å². The number of benzene rings is 1. The molecule has 1 saturated heterocycles. The lowest BCUT2D eigenvalue weighted by atomic mass is 10.2. The first kappa shape index (κ1) is 19.6. The number of piperazine rings is 1. The molecule has 1 aliphatic heterocycles. The average molecular weight is 408 g/mol. The van der Waals surface area contributed by atoms with Gasteiger partial charge in [0.2, 0.25) is 5.91 Å². The Balaban J connectivity index is 1.46. The molecule has 1 aliphatic rings. The van der Waals surface area contributed by atoms with Gasteiger partial charge in [-0.1, -0.05) is 41.9 Å². The number of nitrogens with zero attached hydrogens (tertiary/aromatic N) is 5. The van der Waals surface area contributed by atoms with Crippen LogP contribution in [-0.2, 0) is 22.7 Å². The van der Waals surface area contributed by atoms with Crippen LogP contribution in [-0.4, -0.2) is 62.7 Å². The van der Waals surface area contributed by atoms with E-state index in [1.165, 1.54) is 6.20 Å². The fraction of sp³-hybridized carbons (Fsp3) is 0.353. The minimum Gasteiger partial charge on any atom is -0.445 e. The van der Waals surface area contributed by atoms with E-state index >= 15 is 0 Å². The average Bonchev–Trinajstić information content (AvgIpc) is 3.07. The molecule has 0 radical (unpaired) electrons. The summed E-state index contributed by atoms with van der Waals surface area (Å²) in [7, 11) is 0. The Kier molecular flexibility index (Phi) is 6.09. The lowest BCUT2D eigenvalue weighted by Crippen LogP contribution is -2.51. The molecule has 1 aromatic heterocycles. The van der Waals surface area contributed by atoms with Crippen LogP contribution in [0.2, 0.25) is 5.02 Å². The molecule has 148 valence electrons. The van der Waals surface area contributed by atoms with Gasteiger partial charge in [-0.3, -0.25) is 4.79 Å². The molecule has 1 aromatic carbocycles. The Labute approximate surface area is 165 Å². The van der Waals surface area contributed by atoms with Crippen molar-refractivity contribution in [1.82, 2.24) is 19.6 Å². The quantitative estimate of drug-likeness (QED) is 0.553. The fourth-order valence-corrected chi connectivity index (χ4v) is 3.00. The van der Waals surface area contributed by atoms with Crippen molar-refractivity contribution < 1.29 is 19.2 Å². The number of nitro groups is 1. The Morgan fingerprint density at radius 1 is 1.14 bits per heavy atom. The molecule has 28 heavy (non-hydrogen) atoms. The highest BCUT2D eigenvalue weighted by Gasteiger charge is 2.27. The van der Waals surface area contributed by atoms with Crippen LogP contribution < -0.4 is 0 Å². The van der Waals surface area contributed by atoms with Gasteiger partial charge in [0.1, 0.15) is 13.2 Å². The topological polar surface area (TPSA) is 111 Å². The van der Waals surface area contributed by atoms with Crippen LogP contribution in [0.5, 0.6) is 0 Å². The second-order valence-electron chi connectivity index (χ2n) is 6.16. The minimum absolute atomic E-state index is 0.121. The molecule has 3 rings (SSSR count). The maximum atomic E-state index is 12.4. The lowest BCUT2D eigenvalue weighted by molar-refractivity contribution is -0.389. The van der Waals surface area contributed by atoms with Gasteiger partial charge in [-0.25, -0.2) is 4.79 Å². The van der Waals surface area contributed by atoms with Crippen LogP contribution in [0.4, 0.5) is 10.6 Å². The molecule has 0 aliphatic carbocycles. The number of hydrogen-bond acceptors (Lipinski definition) is 6. The first-order valence-electron chi connectivity index (χ1n) is 8.55. The number of hydrogen-bond donors (Lipinski definition) is 0. The van der Waals surface area contributed by atoms with Gasteiger partial charge in [0, 0.05) is 26.2 Å². The van der Waals surface area contributed by atoms with E-state index in [1.54, 1.807) is 9.80 Å². The molecule has 1 fully saturated rings. The predicted molar refractivity (Wildman–Crippen MR) is 98.7 cm³/mol. The number of rotatable bonds is 5. The molecule has 2 aromatic rings. The Bertz CT molecular complexity index is 864. The smallest absolute Gasteiger partial charge is 0.410 e. The van der Waals surface area contributed by atoms with Crippen molar-refractivity contribution in [3.63, 3.8) is 0 Å². The summed E-state index contributed by atoms with van der Waals surface area (Å²) in [6.07, 6.45) is 0.819. The maximum absolute atomic E-state index is 12.4. The third kappa shape index (κ3) is 4.77. The molecule has 2 amide bonds. The standard InChI is InChI=1S/C17H18ClN5O5/c18-14-10-22(19-16(14)23(26)27)11-15(24)20-6-8-21(9-7-20)17(25)28-12-13-4-2-1-3-5-13/h1-5,10H,6-9,11-12H2. The summed E-state index contributed by atoms with van der Waals surface area (Å²) in [4.78, 5) is 37.7. The number of ether oxygens (including phenoxy) is 1. The zero-order valence-electron chi connectivity index (χ0n) is 14.9. The van der Waals surface area contributed by atoms with Crippen LogP contribution in [0.1, 0.15) is 5.56 Å². The Morgan fingerprint density at radius 3 is 2.39 bits per heavy atom. The first-order valence-corrected chi connectivity index (χ1v) is 8.92. The van der Waals surface area contributed by atoms with Crippen LogP contribution in [0.15, 0.2) is 36.5 Å². The Morgan fingerprint density at radius 2 is 1.79 bits per heavy atom. The molecule has 2 heterocycles. The third-order valence-electron chi connectivity index (χ3n) is 4.27. The van der Waals surface area contributed by atoms with E-state index in [9.17, 15) is 19.7 Å². The molecule has 0 saturated carbocycles. The van der Waals surface area contributed by atoms with E-state index in [1.807, 2.05) is 30.3 Å². The van der Waals surface area contributed by atoms with Crippen molar-refractivity contribution in [2.75, 3.05) is 26.2 Å². The summed E-state index contributed by atoms with van der Waals surface area (Å²) in [5.41, 5.74) is 0.900. The minimum atomic E-state index is -0.705. The lowest BCUT2D eigenvalue weighted by Gasteiger charge is -2.33. The van der Waals surface area contributed by atoms with Gasteiger partial charge in [-0.2, -0.15) is 4.68 Å². The molecule has 11 heteroatoms. The summed E-state index contributed by atoms with van der Waals surface area (Å²) >= 11 is 5.73. The number of carbonyl (C=O) groups excluding carboxylic acids is 2. The summed E-state index contributed by atoms with van der Waals surface area (Å²) in [6.45, 7) is 1.41. The van der Waals surface area contributed by atoms with Crippen molar-refractivity contribution in [3.8, 4) is 0 Å². The highest BCUT2D eigenvalue weighted by atomic mass is 35.5. The van der Waals surface area contributed by atoms with Gasteiger partial charge in [0.25, 0.3) is 0 Å². The molecular weight excluding hydrogens is 390 g/mol. The van der Waals surface area contributed by atoms with E-state index in [0.29, 0.717) is 26.2 Å². The Hall–Kier alpha value is -3.14. The number of carbonyl (C=O) groups is 2. The highest BCUT2D eigenvalue weighted by molar-refractivity contribution is 6.32. The van der Waals surface area contributed by atoms with Gasteiger partial charge >= 0.3 is 11.9 Å². The summed E-state index contributed by atoms with van der Waals surface area (Å²) in [5, 5.41) is 14.3. The third-order valence-corrected chi connectivity index (χ3v) is 4.53. The zero-order chi connectivity index (χ0) is 20.1. The molecule has 0 atom stereocenters. The van der Waals surface area contributed by atoms with E-state index in [-0.39, 0.29) is 24.1 Å². The number of aromatic nitrogens is 2. The first-order chi connectivity index (χ1) is 13.4. The largest absolute Gasteiger partial charge is 0.445 e.